The number of carbonyl (C=O) groups excluding carboxylic acids is 1. The van der Waals surface area contributed by atoms with Gasteiger partial charge in [-0.3, -0.25) is 0 Å². The summed E-state index contributed by atoms with van der Waals surface area (Å²) < 4.78 is 46.1. The van der Waals surface area contributed by atoms with E-state index in [0.29, 0.717) is 37.1 Å². The van der Waals surface area contributed by atoms with E-state index in [1.54, 1.807) is 15.9 Å². The fraction of sp³-hybridized carbons (Fsp3) is 0.548. The summed E-state index contributed by atoms with van der Waals surface area (Å²) >= 11 is 0. The smallest absolute Gasteiger partial charge is 0.416 e. The molecule has 0 N–H and O–H groups in total. The minimum absolute atomic E-state index is 0.0777. The summed E-state index contributed by atoms with van der Waals surface area (Å²) in [5.41, 5.74) is 2.16. The van der Waals surface area contributed by atoms with Crippen molar-refractivity contribution >= 4 is 17.6 Å². The number of amidine groups is 1. The number of halogens is 3. The molecule has 1 amide bonds. The molecule has 1 saturated carbocycles. The Hall–Kier alpha value is -3.23. The lowest BCUT2D eigenvalue weighted by atomic mass is 9.77. The summed E-state index contributed by atoms with van der Waals surface area (Å²) in [5, 5.41) is 0. The largest absolute Gasteiger partial charge is 0.444 e. The molecule has 1 unspecified atom stereocenters. The van der Waals surface area contributed by atoms with Crippen LogP contribution in [0, 0.1) is 5.92 Å². The summed E-state index contributed by atoms with van der Waals surface area (Å²) in [4.78, 5) is 23.0. The molecule has 0 spiro atoms. The van der Waals surface area contributed by atoms with Gasteiger partial charge in [-0.25, -0.2) is 9.79 Å². The molecule has 3 aliphatic rings. The van der Waals surface area contributed by atoms with Crippen LogP contribution in [0.25, 0.3) is 0 Å². The first-order valence-electron chi connectivity index (χ1n) is 14.1. The molecular formula is C31H43F3N4O2. The van der Waals surface area contributed by atoms with Gasteiger partial charge in [-0.15, -0.1) is 0 Å². The lowest BCUT2D eigenvalue weighted by Crippen LogP contribution is -2.54. The number of piperazine rings is 1. The molecule has 2 fully saturated rings. The Kier molecular flexibility index (Phi) is 9.80. The van der Waals surface area contributed by atoms with Crippen LogP contribution >= 0.6 is 0 Å². The van der Waals surface area contributed by atoms with Crippen molar-refractivity contribution in [2.45, 2.75) is 85.5 Å². The Bertz CT molecular complexity index is 1180. The third-order valence-corrected chi connectivity index (χ3v) is 7.31. The van der Waals surface area contributed by atoms with E-state index in [9.17, 15) is 18.0 Å². The maximum Gasteiger partial charge on any atom is 0.416 e. The number of aliphatic imine (C=N–C) groups is 1. The van der Waals surface area contributed by atoms with Gasteiger partial charge >= 0.3 is 12.3 Å². The van der Waals surface area contributed by atoms with E-state index < -0.39 is 17.3 Å². The second-order valence-electron chi connectivity index (χ2n) is 11.2. The molecule has 1 aliphatic carbocycles. The normalized spacial score (nSPS) is 22.4. The van der Waals surface area contributed by atoms with Crippen molar-refractivity contribution < 1.29 is 22.7 Å². The van der Waals surface area contributed by atoms with Crippen LogP contribution in [0.2, 0.25) is 0 Å². The minimum atomic E-state index is -4.44. The third-order valence-electron chi connectivity index (χ3n) is 7.31. The number of hydrogen-bond acceptors (Lipinski definition) is 4. The van der Waals surface area contributed by atoms with E-state index in [0.717, 1.165) is 48.2 Å². The van der Waals surface area contributed by atoms with Crippen LogP contribution in [0.4, 0.5) is 23.7 Å². The molecule has 0 bridgehead atoms. The standard InChI is InChI=1S/C29H37F3N4O2.C2H6/c1-7-33-26-25(20(3)34-14-15-35(19(2)17-34)27(37)38-28(4,5)6)24(21-10-8-11-21)18-36(26)23-13-9-12-22(16-23)29(30,31)32;1-2/h7,9,12-13,16,18-19,21H,1,8,10-11,14-15,17H2,2-6H3;1-2H3/b25-20+,33-26?;. The van der Waals surface area contributed by atoms with Crippen LogP contribution in [-0.2, 0) is 10.9 Å². The van der Waals surface area contributed by atoms with Crippen molar-refractivity contribution in [2.24, 2.45) is 10.9 Å². The van der Waals surface area contributed by atoms with Gasteiger partial charge < -0.3 is 19.4 Å². The number of hydrogen-bond donors (Lipinski definition) is 0. The van der Waals surface area contributed by atoms with E-state index in [2.05, 4.69) is 16.5 Å². The van der Waals surface area contributed by atoms with Gasteiger partial charge in [0.05, 0.1) is 5.56 Å². The van der Waals surface area contributed by atoms with E-state index in [4.69, 9.17) is 4.74 Å². The Morgan fingerprint density at radius 2 is 1.82 bits per heavy atom. The predicted octanol–water partition coefficient (Wildman–Crippen LogP) is 7.99. The summed E-state index contributed by atoms with van der Waals surface area (Å²) in [5.74, 6) is 0.896. The van der Waals surface area contributed by atoms with Crippen molar-refractivity contribution in [3.8, 4) is 0 Å². The van der Waals surface area contributed by atoms with Crippen LogP contribution in [-0.4, -0.2) is 53.0 Å². The second-order valence-corrected chi connectivity index (χ2v) is 11.2. The first kappa shape index (κ1) is 31.3. The molecule has 9 heteroatoms. The molecule has 2 heterocycles. The summed E-state index contributed by atoms with van der Waals surface area (Å²) in [6, 6.07) is 5.25. The van der Waals surface area contributed by atoms with E-state index in [-0.39, 0.29) is 12.1 Å². The number of allylic oxidation sites excluding steroid dienone is 1. The fourth-order valence-electron chi connectivity index (χ4n) is 5.17. The average Bonchev–Trinajstić information content (AvgIpc) is 3.20. The number of amides is 1. The monoisotopic (exact) mass is 560 g/mol. The Balaban J connectivity index is 0.00000216. The van der Waals surface area contributed by atoms with Crippen molar-refractivity contribution in [3.63, 3.8) is 0 Å². The van der Waals surface area contributed by atoms with E-state index >= 15 is 0 Å². The van der Waals surface area contributed by atoms with Gasteiger partial charge in [-0.05, 0) is 77.2 Å². The predicted molar refractivity (Wildman–Crippen MR) is 155 cm³/mol. The minimum Gasteiger partial charge on any atom is -0.444 e. The van der Waals surface area contributed by atoms with Gasteiger partial charge in [0.25, 0.3) is 0 Å². The number of benzene rings is 1. The zero-order valence-corrected chi connectivity index (χ0v) is 24.8. The second kappa shape index (κ2) is 12.5. The maximum atomic E-state index is 13.5. The van der Waals surface area contributed by atoms with Crippen LogP contribution in [0.1, 0.15) is 73.3 Å². The van der Waals surface area contributed by atoms with Gasteiger partial charge in [-0.1, -0.05) is 32.9 Å². The molecule has 1 aromatic rings. The van der Waals surface area contributed by atoms with Crippen LogP contribution in [0.3, 0.4) is 0 Å². The molecule has 220 valence electrons. The lowest BCUT2D eigenvalue weighted by molar-refractivity contribution is -0.137. The molecule has 2 aliphatic heterocycles. The van der Waals surface area contributed by atoms with Gasteiger partial charge in [0.1, 0.15) is 11.4 Å². The van der Waals surface area contributed by atoms with Gasteiger partial charge in [0.15, 0.2) is 0 Å². The number of alkyl halides is 3. The zero-order valence-electron chi connectivity index (χ0n) is 24.8. The SMILES string of the molecule is C=CN=C1/C(=C(\C)N2CCN(C(=O)OC(C)(C)C)C(C)C2)C(C2CCC2)=CN1c1cccc(C(F)(F)F)c1.CC. The van der Waals surface area contributed by atoms with Crippen LogP contribution in [0.15, 0.2) is 65.1 Å². The highest BCUT2D eigenvalue weighted by molar-refractivity contribution is 6.17. The highest BCUT2D eigenvalue weighted by atomic mass is 19.4. The molecule has 6 nitrogen and oxygen atoms in total. The van der Waals surface area contributed by atoms with Crippen molar-refractivity contribution in [3.05, 3.63) is 65.7 Å². The van der Waals surface area contributed by atoms with Crippen LogP contribution < -0.4 is 4.90 Å². The van der Waals surface area contributed by atoms with Crippen molar-refractivity contribution in [1.82, 2.24) is 9.80 Å². The number of ether oxygens (including phenoxy) is 1. The topological polar surface area (TPSA) is 48.4 Å². The van der Waals surface area contributed by atoms with Crippen LogP contribution in [0.5, 0.6) is 0 Å². The molecule has 0 aromatic heterocycles. The zero-order chi connectivity index (χ0) is 29.8. The first-order chi connectivity index (χ1) is 18.8. The summed E-state index contributed by atoms with van der Waals surface area (Å²) in [7, 11) is 0. The molecule has 1 atom stereocenters. The van der Waals surface area contributed by atoms with Gasteiger partial charge in [-0.2, -0.15) is 13.2 Å². The molecule has 40 heavy (non-hydrogen) atoms. The summed E-state index contributed by atoms with van der Waals surface area (Å²) in [6.07, 6.45) is 1.80. The van der Waals surface area contributed by atoms with Gasteiger partial charge in [0.2, 0.25) is 0 Å². The maximum absolute atomic E-state index is 13.5. The number of rotatable bonds is 4. The third kappa shape index (κ3) is 6.91. The molecule has 0 radical (unpaired) electrons. The van der Waals surface area contributed by atoms with Crippen molar-refractivity contribution in [1.29, 1.82) is 0 Å². The molecule has 4 rings (SSSR count). The van der Waals surface area contributed by atoms with Gasteiger partial charge in [0, 0.05) is 55.0 Å². The Morgan fingerprint density at radius 1 is 1.15 bits per heavy atom. The average molecular weight is 561 g/mol. The highest BCUT2D eigenvalue weighted by Crippen LogP contribution is 2.44. The van der Waals surface area contributed by atoms with E-state index in [1.165, 1.54) is 12.3 Å². The number of carbonyl (C=O) groups is 1. The Morgan fingerprint density at radius 3 is 2.35 bits per heavy atom. The molecule has 1 saturated heterocycles. The molecular weight excluding hydrogens is 517 g/mol. The Labute approximate surface area is 236 Å². The summed E-state index contributed by atoms with van der Waals surface area (Å²) in [6.45, 7) is 19.1. The fourth-order valence-corrected chi connectivity index (χ4v) is 5.17. The lowest BCUT2D eigenvalue weighted by Gasteiger charge is -2.42. The van der Waals surface area contributed by atoms with E-state index in [1.807, 2.05) is 54.7 Å². The number of anilines is 1. The first-order valence-corrected chi connectivity index (χ1v) is 14.1. The highest BCUT2D eigenvalue weighted by Gasteiger charge is 2.39. The van der Waals surface area contributed by atoms with Crippen molar-refractivity contribution in [2.75, 3.05) is 24.5 Å². The number of nitrogens with zero attached hydrogens (tertiary/aromatic N) is 4. The quantitative estimate of drug-likeness (QED) is 0.375. The molecule has 1 aromatic carbocycles.